The van der Waals surface area contributed by atoms with E-state index in [2.05, 4.69) is 20.0 Å². The van der Waals surface area contributed by atoms with Crippen LogP contribution in [0.25, 0.3) is 11.2 Å². The Balaban J connectivity index is 1.63. The molecule has 242 valence electrons. The van der Waals surface area contributed by atoms with Crippen molar-refractivity contribution >= 4 is 42.3 Å². The second-order valence-electron chi connectivity index (χ2n) is 10.7. The molecule has 1 aromatic carbocycles. The molecule has 0 amide bonds. The van der Waals surface area contributed by atoms with Crippen LogP contribution in [0.3, 0.4) is 0 Å². The molecule has 1 aliphatic rings. The number of nitrogens with zero attached hydrogens (tertiary/aromatic N) is 5. The number of aliphatic hydroxyl groups excluding tert-OH is 1. The number of halogens is 2. The lowest BCUT2D eigenvalue weighted by atomic mass is 9.99. The predicted molar refractivity (Wildman–Crippen MR) is 163 cm³/mol. The number of carbonyl (C=O) groups excluding carboxylic acids is 1. The summed E-state index contributed by atoms with van der Waals surface area (Å²) in [4.78, 5) is 27.9. The molecule has 0 spiro atoms. The number of aryl methyl sites for hydroxylation is 1. The fourth-order valence-corrected chi connectivity index (χ4v) is 6.61. The number of aliphatic hydroxyl groups is 1. The average molecular weight is 657 g/mol. The van der Waals surface area contributed by atoms with Crippen molar-refractivity contribution < 1.29 is 37.4 Å². The zero-order chi connectivity index (χ0) is 32.2. The summed E-state index contributed by atoms with van der Waals surface area (Å²) in [5.41, 5.74) is -1.12. The number of aromatic nitrogens is 4. The minimum atomic E-state index is -4.37. The number of alkyl halides is 2. The third kappa shape index (κ3) is 7.16. The Kier molecular flexibility index (Phi) is 10.9. The molecule has 0 bridgehead atoms. The molecule has 16 heteroatoms. The largest absolute Gasteiger partial charge is 0.462 e. The lowest BCUT2D eigenvalue weighted by Gasteiger charge is -2.31. The van der Waals surface area contributed by atoms with E-state index in [0.717, 1.165) is 0 Å². The van der Waals surface area contributed by atoms with Gasteiger partial charge in [0.25, 0.3) is 0 Å². The maximum Gasteiger partial charge on any atom is 0.459 e. The first-order chi connectivity index (χ1) is 20.9. The van der Waals surface area contributed by atoms with Gasteiger partial charge in [-0.2, -0.15) is 5.09 Å². The first kappa shape index (κ1) is 34.0. The Morgan fingerprint density at radius 1 is 1.25 bits per heavy atom. The first-order valence-electron chi connectivity index (χ1n) is 14.4. The normalized spacial score (nSPS) is 23.9. The number of carbonyl (C=O) groups is 1. The number of hydrogen-bond acceptors (Lipinski definition) is 11. The molecule has 4 rings (SSSR count). The number of fused-ring (bicyclic) bond motifs is 1. The molecule has 1 aliphatic heterocycles. The van der Waals surface area contributed by atoms with Crippen molar-refractivity contribution in [1.82, 2.24) is 24.6 Å². The molecular weight excluding hydrogens is 618 g/mol. The molecule has 2 aromatic heterocycles. The highest BCUT2D eigenvalue weighted by Crippen LogP contribution is 2.49. The van der Waals surface area contributed by atoms with Gasteiger partial charge in [0.2, 0.25) is 0 Å². The van der Waals surface area contributed by atoms with Gasteiger partial charge in [0, 0.05) is 13.1 Å². The third-order valence-corrected chi connectivity index (χ3v) is 9.13. The fraction of sp³-hybridized carbons (Fsp3) is 0.571. The number of rotatable bonds is 14. The van der Waals surface area contributed by atoms with E-state index < -0.39 is 62.5 Å². The second kappa shape index (κ2) is 14.1. The average Bonchev–Trinajstić information content (AvgIpc) is 3.51. The molecule has 3 heterocycles. The van der Waals surface area contributed by atoms with Gasteiger partial charge in [0.15, 0.2) is 29.4 Å². The summed E-state index contributed by atoms with van der Waals surface area (Å²) in [6.07, 6.45) is -4.25. The molecule has 0 unspecified atom stereocenters. The molecule has 2 N–H and O–H groups in total. The van der Waals surface area contributed by atoms with E-state index in [4.69, 9.17) is 30.1 Å². The number of para-hydroxylation sites is 1. The number of benzene rings is 1. The third-order valence-electron chi connectivity index (χ3n) is 7.05. The van der Waals surface area contributed by atoms with Gasteiger partial charge in [0.05, 0.1) is 24.9 Å². The summed E-state index contributed by atoms with van der Waals surface area (Å²) in [6, 6.07) is 7.02. The minimum absolute atomic E-state index is 0.172. The number of ether oxygens (including phenoxy) is 2. The van der Waals surface area contributed by atoms with E-state index >= 15 is 4.39 Å². The van der Waals surface area contributed by atoms with Crippen LogP contribution in [0.2, 0.25) is 0 Å². The Morgan fingerprint density at radius 3 is 2.55 bits per heavy atom. The Labute approximate surface area is 260 Å². The van der Waals surface area contributed by atoms with Crippen LogP contribution in [0.1, 0.15) is 46.7 Å². The van der Waals surface area contributed by atoms with Crippen LogP contribution in [0.4, 0.5) is 10.2 Å². The molecule has 1 saturated heterocycles. The highest BCUT2D eigenvalue weighted by atomic mass is 35.5. The molecule has 0 saturated carbocycles. The van der Waals surface area contributed by atoms with Crippen LogP contribution in [0, 0.1) is 6.92 Å². The lowest BCUT2D eigenvalue weighted by Crippen LogP contribution is -2.48. The van der Waals surface area contributed by atoms with E-state index in [-0.39, 0.29) is 5.75 Å². The number of anilines is 1. The van der Waals surface area contributed by atoms with Crippen molar-refractivity contribution in [2.75, 3.05) is 30.5 Å². The Morgan fingerprint density at radius 2 is 1.93 bits per heavy atom. The van der Waals surface area contributed by atoms with Gasteiger partial charge >= 0.3 is 13.7 Å². The standard InChI is InChI=1S/C28H39ClFN6O7P/c1-7-35(8-2)24-22-25(33-19(6)32-24)36(16-31-22)26-21(30)23(37)28(14-29,42-26)15-40-44(39,43-20-12-10-9-11-13-20)34-18(5)27(38)41-17(3)4/h9-13,16-18,21,23,26,37H,7-8,14-15H2,1-6H3,(H,34,39)/t18-,21+,23-,26+,28+,44+/m0/s1. The molecule has 13 nitrogen and oxygen atoms in total. The Hall–Kier alpha value is -2.87. The summed E-state index contributed by atoms with van der Waals surface area (Å²) < 4.78 is 53.9. The molecule has 3 aromatic rings. The molecule has 0 radical (unpaired) electrons. The fourth-order valence-electron chi connectivity index (χ4n) is 4.77. The van der Waals surface area contributed by atoms with Crippen LogP contribution < -0.4 is 14.5 Å². The van der Waals surface area contributed by atoms with E-state index in [1.165, 1.54) is 17.8 Å². The van der Waals surface area contributed by atoms with E-state index in [1.54, 1.807) is 51.1 Å². The van der Waals surface area contributed by atoms with Crippen LogP contribution in [0.15, 0.2) is 36.7 Å². The maximum absolute atomic E-state index is 15.9. The number of nitrogens with one attached hydrogen (secondary N) is 1. The van der Waals surface area contributed by atoms with Gasteiger partial charge in [-0.25, -0.2) is 23.9 Å². The van der Waals surface area contributed by atoms with E-state index in [9.17, 15) is 14.5 Å². The van der Waals surface area contributed by atoms with E-state index in [1.807, 2.05) is 18.7 Å². The highest BCUT2D eigenvalue weighted by molar-refractivity contribution is 7.52. The highest BCUT2D eigenvalue weighted by Gasteiger charge is 2.57. The van der Waals surface area contributed by atoms with Crippen LogP contribution >= 0.6 is 19.3 Å². The molecular formula is C28H39ClFN6O7P. The first-order valence-corrected chi connectivity index (χ1v) is 16.4. The number of imidazole rings is 1. The van der Waals surface area contributed by atoms with Crippen LogP contribution in [-0.4, -0.2) is 86.2 Å². The van der Waals surface area contributed by atoms with Crippen molar-refractivity contribution in [2.45, 2.75) is 77.8 Å². The van der Waals surface area contributed by atoms with Crippen molar-refractivity contribution in [3.05, 3.63) is 42.5 Å². The molecule has 0 aliphatic carbocycles. The van der Waals surface area contributed by atoms with Gasteiger partial charge in [-0.3, -0.25) is 13.9 Å². The zero-order valence-electron chi connectivity index (χ0n) is 25.5. The quantitative estimate of drug-likeness (QED) is 0.145. The van der Waals surface area contributed by atoms with Crippen LogP contribution in [0.5, 0.6) is 5.75 Å². The molecule has 6 atom stereocenters. The number of hydrogen-bond donors (Lipinski definition) is 2. The summed E-state index contributed by atoms with van der Waals surface area (Å²) >= 11 is 6.29. The van der Waals surface area contributed by atoms with Crippen molar-refractivity contribution in [3.8, 4) is 5.75 Å². The number of esters is 1. The topological polar surface area (TPSA) is 150 Å². The van der Waals surface area contributed by atoms with Crippen LogP contribution in [-0.2, 0) is 23.4 Å². The zero-order valence-corrected chi connectivity index (χ0v) is 27.2. The summed E-state index contributed by atoms with van der Waals surface area (Å²) in [5, 5.41) is 13.7. The van der Waals surface area contributed by atoms with Crippen molar-refractivity contribution in [3.63, 3.8) is 0 Å². The SMILES string of the molecule is CCN(CC)c1nc(C)nc2c1ncn2[C@@H]1O[C@](CCl)(CO[P@](=O)(N[C@@H](C)C(=O)OC(C)C)Oc2ccccc2)[C@@H](O)[C@H]1F. The summed E-state index contributed by atoms with van der Waals surface area (Å²) in [6.45, 7) is 11.1. The van der Waals surface area contributed by atoms with Gasteiger partial charge in [0.1, 0.15) is 29.3 Å². The maximum atomic E-state index is 15.9. The van der Waals surface area contributed by atoms with E-state index in [0.29, 0.717) is 35.9 Å². The van der Waals surface area contributed by atoms with Crippen molar-refractivity contribution in [2.24, 2.45) is 0 Å². The minimum Gasteiger partial charge on any atom is -0.462 e. The Bertz CT molecular complexity index is 1480. The summed E-state index contributed by atoms with van der Waals surface area (Å²) in [7, 11) is -4.37. The molecule has 1 fully saturated rings. The van der Waals surface area contributed by atoms with Gasteiger partial charge < -0.3 is 24.0 Å². The lowest BCUT2D eigenvalue weighted by molar-refractivity contribution is -0.149. The molecule has 44 heavy (non-hydrogen) atoms. The summed E-state index contributed by atoms with van der Waals surface area (Å²) in [5.74, 6) is 0.0736. The second-order valence-corrected chi connectivity index (χ2v) is 12.7. The smallest absolute Gasteiger partial charge is 0.459 e. The van der Waals surface area contributed by atoms with Gasteiger partial charge in [-0.1, -0.05) is 18.2 Å². The predicted octanol–water partition coefficient (Wildman–Crippen LogP) is 4.32. The van der Waals surface area contributed by atoms with Gasteiger partial charge in [-0.15, -0.1) is 11.6 Å². The monoisotopic (exact) mass is 656 g/mol. The van der Waals surface area contributed by atoms with Crippen molar-refractivity contribution in [1.29, 1.82) is 0 Å². The van der Waals surface area contributed by atoms with Gasteiger partial charge in [-0.05, 0) is 53.7 Å².